The average molecular weight is 432 g/mol. The molecule has 0 bridgehead atoms. The standard InChI is InChI=1S/C28H25N5/c1-6-23(32-26-12-10-20-8-7-13-29-28(20)33-26)27-17(3)25(31-19(27)5)15-21-18(4)30-24-11-9-16(2)14-22(21)24/h7-15,30-31H,1,4H2,2-3,5H3,(H,29,32,33)/b21-15+. The molecule has 0 atom stereocenters. The number of rotatable bonds is 4. The van der Waals surface area contributed by atoms with Crippen molar-refractivity contribution in [2.45, 2.75) is 20.8 Å². The maximum absolute atomic E-state index is 4.63. The molecule has 3 N–H and O–H groups in total. The summed E-state index contributed by atoms with van der Waals surface area (Å²) in [4.78, 5) is 15.9. The van der Waals surface area contributed by atoms with Crippen LogP contribution in [0.15, 0.2) is 61.0 Å². The van der Waals surface area contributed by atoms with Crippen molar-refractivity contribution in [1.29, 1.82) is 0 Å². The highest BCUT2D eigenvalue weighted by Crippen LogP contribution is 2.27. The number of hydrogen-bond acceptors (Lipinski definition) is 3. The highest BCUT2D eigenvalue weighted by molar-refractivity contribution is 5.85. The van der Waals surface area contributed by atoms with Crippen LogP contribution in [0, 0.1) is 20.8 Å². The second-order valence-corrected chi connectivity index (χ2v) is 8.30. The maximum atomic E-state index is 4.63. The summed E-state index contributed by atoms with van der Waals surface area (Å²) in [6, 6.07) is 14.2. The predicted octanol–water partition coefficient (Wildman–Crippen LogP) is 4.84. The summed E-state index contributed by atoms with van der Waals surface area (Å²) in [6.07, 6.45) is 3.90. The van der Waals surface area contributed by atoms with Crippen LogP contribution in [0.3, 0.4) is 0 Å². The third-order valence-corrected chi connectivity index (χ3v) is 5.98. The summed E-state index contributed by atoms with van der Waals surface area (Å²) in [5, 5.41) is 7.53. The lowest BCUT2D eigenvalue weighted by Gasteiger charge is -2.10. The van der Waals surface area contributed by atoms with E-state index in [0.29, 0.717) is 11.5 Å². The number of benzene rings is 1. The van der Waals surface area contributed by atoms with Crippen LogP contribution in [-0.2, 0) is 0 Å². The van der Waals surface area contributed by atoms with Crippen LogP contribution in [0.5, 0.6) is 0 Å². The van der Waals surface area contributed by atoms with E-state index in [2.05, 4.69) is 89.2 Å². The van der Waals surface area contributed by atoms with Gasteiger partial charge in [0.15, 0.2) is 5.65 Å². The van der Waals surface area contributed by atoms with E-state index in [1.807, 2.05) is 24.3 Å². The van der Waals surface area contributed by atoms with Crippen LogP contribution >= 0.6 is 0 Å². The zero-order valence-electron chi connectivity index (χ0n) is 19.0. The van der Waals surface area contributed by atoms with Crippen molar-refractivity contribution in [3.8, 4) is 0 Å². The summed E-state index contributed by atoms with van der Waals surface area (Å²) in [7, 11) is 0. The summed E-state index contributed by atoms with van der Waals surface area (Å²) >= 11 is 0. The molecule has 0 saturated carbocycles. The van der Waals surface area contributed by atoms with Gasteiger partial charge in [-0.1, -0.05) is 24.8 Å². The Morgan fingerprint density at radius 2 is 1.94 bits per heavy atom. The van der Waals surface area contributed by atoms with E-state index in [1.165, 1.54) is 10.9 Å². The third kappa shape index (κ3) is 3.65. The number of aromatic amines is 2. The number of hydrogen-bond donors (Lipinski definition) is 3. The third-order valence-electron chi connectivity index (χ3n) is 5.98. The van der Waals surface area contributed by atoms with Gasteiger partial charge in [-0.05, 0) is 68.8 Å². The number of aryl methyl sites for hydroxylation is 2. The van der Waals surface area contributed by atoms with Crippen molar-refractivity contribution < 1.29 is 0 Å². The number of aromatic nitrogens is 4. The summed E-state index contributed by atoms with van der Waals surface area (Å²) in [5.41, 5.74) is 11.0. The zero-order chi connectivity index (χ0) is 23.1. The number of pyridine rings is 2. The molecule has 5 rings (SSSR count). The van der Waals surface area contributed by atoms with Crippen LogP contribution in [-0.4, -0.2) is 19.9 Å². The van der Waals surface area contributed by atoms with Crippen LogP contribution < -0.4 is 15.9 Å². The highest BCUT2D eigenvalue weighted by atomic mass is 15.0. The van der Waals surface area contributed by atoms with Crippen LogP contribution in [0.25, 0.3) is 40.3 Å². The lowest BCUT2D eigenvalue weighted by molar-refractivity contribution is 1.23. The number of nitrogens with one attached hydrogen (secondary N) is 3. The minimum absolute atomic E-state index is 0.694. The monoisotopic (exact) mass is 431 g/mol. The zero-order valence-corrected chi connectivity index (χ0v) is 19.0. The van der Waals surface area contributed by atoms with Gasteiger partial charge in [0, 0.05) is 50.0 Å². The van der Waals surface area contributed by atoms with Gasteiger partial charge in [-0.2, -0.15) is 0 Å². The summed E-state index contributed by atoms with van der Waals surface area (Å²) in [5.74, 6) is 0.699. The van der Waals surface area contributed by atoms with Crippen molar-refractivity contribution in [1.82, 2.24) is 19.9 Å². The fourth-order valence-corrected chi connectivity index (χ4v) is 4.33. The molecule has 0 fully saturated rings. The topological polar surface area (TPSA) is 69.4 Å². The molecule has 1 aromatic carbocycles. The molecule has 0 aliphatic heterocycles. The number of H-pyrrole nitrogens is 2. The van der Waals surface area contributed by atoms with E-state index < -0.39 is 0 Å². The SMILES string of the molecule is C=C=C(Nc1ccc2cccnc2n1)c1c(C)[nH]c(/C=c2\c(=C)[nH]c3ccc(C)cc23)c1C. The molecule has 0 amide bonds. The fourth-order valence-electron chi connectivity index (χ4n) is 4.33. The van der Waals surface area contributed by atoms with Gasteiger partial charge in [-0.25, -0.2) is 9.97 Å². The predicted molar refractivity (Wildman–Crippen MR) is 137 cm³/mol. The Bertz CT molecular complexity index is 1690. The fraction of sp³-hybridized carbons (Fsp3) is 0.107. The average Bonchev–Trinajstić information content (AvgIpc) is 3.27. The molecule has 4 aromatic heterocycles. The molecule has 5 nitrogen and oxygen atoms in total. The van der Waals surface area contributed by atoms with Gasteiger partial charge < -0.3 is 15.3 Å². The first-order valence-electron chi connectivity index (χ1n) is 10.8. The number of nitrogens with zero attached hydrogens (tertiary/aromatic N) is 2. The molecule has 0 spiro atoms. The molecule has 0 aliphatic carbocycles. The van der Waals surface area contributed by atoms with Crippen molar-refractivity contribution in [3.05, 3.63) is 99.6 Å². The lowest BCUT2D eigenvalue weighted by atomic mass is 10.1. The smallest absolute Gasteiger partial charge is 0.161 e. The minimum atomic E-state index is 0.694. The molecule has 5 aromatic rings. The van der Waals surface area contributed by atoms with E-state index >= 15 is 0 Å². The first-order valence-corrected chi connectivity index (χ1v) is 10.8. The van der Waals surface area contributed by atoms with E-state index in [0.717, 1.165) is 49.7 Å². The molecule has 162 valence electrons. The van der Waals surface area contributed by atoms with Crippen LogP contribution in [0.1, 0.15) is 28.1 Å². The Labute approximate surface area is 191 Å². The van der Waals surface area contributed by atoms with Gasteiger partial charge >= 0.3 is 0 Å². The molecular weight excluding hydrogens is 406 g/mol. The maximum Gasteiger partial charge on any atom is 0.161 e. The second kappa shape index (κ2) is 7.97. The molecule has 0 radical (unpaired) electrons. The van der Waals surface area contributed by atoms with Gasteiger partial charge in [0.1, 0.15) is 5.82 Å². The van der Waals surface area contributed by atoms with Gasteiger partial charge in [0.05, 0.1) is 5.70 Å². The Kier molecular flexibility index (Phi) is 4.97. The Hall–Kier alpha value is -4.34. The van der Waals surface area contributed by atoms with Crippen molar-refractivity contribution in [3.63, 3.8) is 0 Å². The second-order valence-electron chi connectivity index (χ2n) is 8.30. The number of anilines is 1. The Morgan fingerprint density at radius 1 is 1.09 bits per heavy atom. The van der Waals surface area contributed by atoms with E-state index in [1.54, 1.807) is 6.20 Å². The highest BCUT2D eigenvalue weighted by Gasteiger charge is 2.15. The summed E-state index contributed by atoms with van der Waals surface area (Å²) in [6.45, 7) is 14.4. The van der Waals surface area contributed by atoms with E-state index in [-0.39, 0.29) is 0 Å². The van der Waals surface area contributed by atoms with Gasteiger partial charge in [-0.15, -0.1) is 5.73 Å². The van der Waals surface area contributed by atoms with Crippen molar-refractivity contribution in [2.75, 3.05) is 5.32 Å². The van der Waals surface area contributed by atoms with Crippen molar-refractivity contribution >= 4 is 46.1 Å². The molecule has 33 heavy (non-hydrogen) atoms. The van der Waals surface area contributed by atoms with Gasteiger partial charge in [-0.3, -0.25) is 0 Å². The molecule has 0 unspecified atom stereocenters. The van der Waals surface area contributed by atoms with E-state index in [4.69, 9.17) is 0 Å². The van der Waals surface area contributed by atoms with Crippen molar-refractivity contribution in [2.24, 2.45) is 0 Å². The van der Waals surface area contributed by atoms with Gasteiger partial charge in [0.2, 0.25) is 0 Å². The largest absolute Gasteiger partial charge is 0.358 e. The van der Waals surface area contributed by atoms with Gasteiger partial charge in [0.25, 0.3) is 0 Å². The quantitative estimate of drug-likeness (QED) is 0.357. The molecule has 0 saturated heterocycles. The molecule has 5 heteroatoms. The summed E-state index contributed by atoms with van der Waals surface area (Å²) < 4.78 is 0. The first kappa shape index (κ1) is 20.6. The Balaban J connectivity index is 1.58. The van der Waals surface area contributed by atoms with E-state index in [9.17, 15) is 0 Å². The minimum Gasteiger partial charge on any atom is -0.358 e. The molecular formula is C28H25N5. The van der Waals surface area contributed by atoms with Crippen LogP contribution in [0.2, 0.25) is 0 Å². The first-order chi connectivity index (χ1) is 15.9. The molecule has 4 heterocycles. The normalized spacial score (nSPS) is 11.8. The lowest BCUT2D eigenvalue weighted by Crippen LogP contribution is -2.21. The number of fused-ring (bicyclic) bond motifs is 2. The van der Waals surface area contributed by atoms with Crippen LogP contribution in [0.4, 0.5) is 5.82 Å². The Morgan fingerprint density at radius 3 is 2.76 bits per heavy atom. The molecule has 0 aliphatic rings.